The molecule has 3 aromatic rings. The van der Waals surface area contributed by atoms with E-state index in [9.17, 15) is 13.2 Å². The van der Waals surface area contributed by atoms with Crippen LogP contribution >= 0.6 is 0 Å². The molecule has 2 aromatic heterocycles. The molecule has 0 N–H and O–H groups in total. The fourth-order valence-corrected chi connectivity index (χ4v) is 1.80. The molecular weight excluding hydrogens is 257 g/mol. The first kappa shape index (κ1) is 11.6. The van der Waals surface area contributed by atoms with Gasteiger partial charge in [-0.3, -0.25) is 0 Å². The Labute approximate surface area is 105 Å². The Morgan fingerprint density at radius 3 is 2.47 bits per heavy atom. The van der Waals surface area contributed by atoms with E-state index in [4.69, 9.17) is 0 Å². The van der Waals surface area contributed by atoms with E-state index in [2.05, 4.69) is 15.3 Å². The molecule has 96 valence electrons. The molecule has 7 heteroatoms. The van der Waals surface area contributed by atoms with E-state index in [1.165, 1.54) is 0 Å². The minimum absolute atomic E-state index is 0.291. The summed E-state index contributed by atoms with van der Waals surface area (Å²) in [6.07, 6.45) is -3.36. The monoisotopic (exact) mass is 264 g/mol. The zero-order valence-electron chi connectivity index (χ0n) is 9.46. The van der Waals surface area contributed by atoms with Gasteiger partial charge in [0, 0.05) is 5.56 Å². The van der Waals surface area contributed by atoms with E-state index in [1.807, 2.05) is 0 Å². The van der Waals surface area contributed by atoms with Gasteiger partial charge in [0.15, 0.2) is 11.3 Å². The predicted octanol–water partition coefficient (Wildman–Crippen LogP) is 2.81. The summed E-state index contributed by atoms with van der Waals surface area (Å²) in [4.78, 5) is 0. The molecule has 0 aliphatic heterocycles. The van der Waals surface area contributed by atoms with Crippen LogP contribution in [-0.2, 0) is 6.18 Å². The summed E-state index contributed by atoms with van der Waals surface area (Å²) < 4.78 is 39.4. The lowest BCUT2D eigenvalue weighted by molar-refractivity contribution is -0.141. The van der Waals surface area contributed by atoms with Crippen molar-refractivity contribution in [3.8, 4) is 11.1 Å². The van der Waals surface area contributed by atoms with Gasteiger partial charge in [-0.25, -0.2) is 0 Å². The van der Waals surface area contributed by atoms with Crippen molar-refractivity contribution >= 4 is 5.65 Å². The molecule has 0 aliphatic rings. The normalized spacial score (nSPS) is 11.9. The third-order valence-electron chi connectivity index (χ3n) is 2.64. The summed E-state index contributed by atoms with van der Waals surface area (Å²) >= 11 is 0. The van der Waals surface area contributed by atoms with Crippen molar-refractivity contribution < 1.29 is 13.2 Å². The maximum atomic E-state index is 12.8. The van der Waals surface area contributed by atoms with E-state index in [0.29, 0.717) is 16.8 Å². The van der Waals surface area contributed by atoms with Gasteiger partial charge in [0.05, 0.1) is 0 Å². The van der Waals surface area contributed by atoms with E-state index in [-0.39, 0.29) is 0 Å². The lowest BCUT2D eigenvalue weighted by atomic mass is 10.1. The Morgan fingerprint density at radius 2 is 1.79 bits per heavy atom. The Kier molecular flexibility index (Phi) is 2.48. The quantitative estimate of drug-likeness (QED) is 0.678. The van der Waals surface area contributed by atoms with Crippen LogP contribution in [0.3, 0.4) is 0 Å². The first-order chi connectivity index (χ1) is 9.05. The van der Waals surface area contributed by atoms with Crippen molar-refractivity contribution in [1.82, 2.24) is 19.8 Å². The van der Waals surface area contributed by atoms with Gasteiger partial charge in [-0.2, -0.15) is 22.8 Å². The van der Waals surface area contributed by atoms with Gasteiger partial charge in [-0.1, -0.05) is 30.3 Å². The molecule has 0 aliphatic carbocycles. The number of benzene rings is 1. The molecule has 4 nitrogen and oxygen atoms in total. The molecular formula is C12H7F3N4. The van der Waals surface area contributed by atoms with Crippen molar-refractivity contribution in [2.75, 3.05) is 0 Å². The molecule has 0 fully saturated rings. The van der Waals surface area contributed by atoms with Crippen LogP contribution in [-0.4, -0.2) is 19.8 Å². The second kappa shape index (κ2) is 4.04. The average Bonchev–Trinajstić information content (AvgIpc) is 2.85. The van der Waals surface area contributed by atoms with Crippen LogP contribution in [0.15, 0.2) is 42.7 Å². The molecule has 3 rings (SSSR count). The van der Waals surface area contributed by atoms with E-state index in [0.717, 1.165) is 16.9 Å². The summed E-state index contributed by atoms with van der Waals surface area (Å²) in [7, 11) is 0. The highest BCUT2D eigenvalue weighted by Gasteiger charge is 2.34. The molecule has 0 saturated heterocycles. The molecule has 0 bridgehead atoms. The highest BCUT2D eigenvalue weighted by molar-refractivity contribution is 5.77. The molecule has 1 aromatic carbocycles. The third-order valence-corrected chi connectivity index (χ3v) is 2.64. The summed E-state index contributed by atoms with van der Waals surface area (Å²) in [6.45, 7) is 0. The van der Waals surface area contributed by atoms with Crippen LogP contribution in [0.1, 0.15) is 5.69 Å². The number of fused-ring (bicyclic) bond motifs is 1. The van der Waals surface area contributed by atoms with E-state index >= 15 is 0 Å². The summed E-state index contributed by atoms with van der Waals surface area (Å²) in [5, 5.41) is 10.9. The standard InChI is InChI=1S/C12H7F3N4/c13-12(14,15)10-6-9(8-4-2-1-3-5-8)11-17-16-7-19(11)18-10/h1-7H. The predicted molar refractivity (Wildman–Crippen MR) is 61.2 cm³/mol. The first-order valence-electron chi connectivity index (χ1n) is 5.39. The Balaban J connectivity index is 2.31. The zero-order chi connectivity index (χ0) is 13.5. The summed E-state index contributed by atoms with van der Waals surface area (Å²) in [5.74, 6) is 0. The minimum atomic E-state index is -4.51. The number of hydrogen-bond acceptors (Lipinski definition) is 3. The van der Waals surface area contributed by atoms with Crippen LogP contribution in [0.25, 0.3) is 16.8 Å². The van der Waals surface area contributed by atoms with E-state index < -0.39 is 11.9 Å². The van der Waals surface area contributed by atoms with Gasteiger partial charge >= 0.3 is 6.18 Å². The van der Waals surface area contributed by atoms with Crippen LogP contribution in [0.4, 0.5) is 13.2 Å². The van der Waals surface area contributed by atoms with Gasteiger partial charge in [0.2, 0.25) is 0 Å². The molecule has 0 amide bonds. The summed E-state index contributed by atoms with van der Waals surface area (Å²) in [5.41, 5.74) is 0.298. The molecule has 19 heavy (non-hydrogen) atoms. The Morgan fingerprint density at radius 1 is 1.05 bits per heavy atom. The maximum absolute atomic E-state index is 12.8. The van der Waals surface area contributed by atoms with Crippen molar-refractivity contribution in [3.05, 3.63) is 48.4 Å². The molecule has 0 radical (unpaired) electrons. The zero-order valence-corrected chi connectivity index (χ0v) is 9.46. The number of aromatic nitrogens is 4. The van der Waals surface area contributed by atoms with Gasteiger partial charge in [0.1, 0.15) is 6.33 Å². The molecule has 0 unspecified atom stereocenters. The highest BCUT2D eigenvalue weighted by Crippen LogP contribution is 2.31. The number of nitrogens with zero attached hydrogens (tertiary/aromatic N) is 4. The fraction of sp³-hybridized carbons (Fsp3) is 0.0833. The van der Waals surface area contributed by atoms with Gasteiger partial charge < -0.3 is 0 Å². The SMILES string of the molecule is FC(F)(F)c1cc(-c2ccccc2)c2nncn2n1. The Hall–Kier alpha value is -2.44. The molecule has 0 atom stereocenters. The first-order valence-corrected chi connectivity index (χ1v) is 5.39. The van der Waals surface area contributed by atoms with Crippen LogP contribution < -0.4 is 0 Å². The number of hydrogen-bond donors (Lipinski definition) is 0. The maximum Gasteiger partial charge on any atom is 0.435 e. The van der Waals surface area contributed by atoms with Crippen molar-refractivity contribution in [3.63, 3.8) is 0 Å². The van der Waals surface area contributed by atoms with Gasteiger partial charge in [0.25, 0.3) is 0 Å². The largest absolute Gasteiger partial charge is 0.435 e. The van der Waals surface area contributed by atoms with Crippen molar-refractivity contribution in [1.29, 1.82) is 0 Å². The van der Waals surface area contributed by atoms with Crippen LogP contribution in [0, 0.1) is 0 Å². The van der Waals surface area contributed by atoms with Gasteiger partial charge in [-0.15, -0.1) is 10.2 Å². The topological polar surface area (TPSA) is 43.1 Å². The van der Waals surface area contributed by atoms with Crippen LogP contribution in [0.2, 0.25) is 0 Å². The number of halogens is 3. The van der Waals surface area contributed by atoms with E-state index in [1.54, 1.807) is 30.3 Å². The Bertz CT molecular complexity index is 719. The molecule has 0 spiro atoms. The van der Waals surface area contributed by atoms with Gasteiger partial charge in [-0.05, 0) is 11.6 Å². The lowest BCUT2D eigenvalue weighted by Gasteiger charge is -2.09. The van der Waals surface area contributed by atoms with Crippen LogP contribution in [0.5, 0.6) is 0 Å². The third kappa shape index (κ3) is 2.03. The average molecular weight is 264 g/mol. The molecule has 2 heterocycles. The lowest BCUT2D eigenvalue weighted by Crippen LogP contribution is -2.11. The number of rotatable bonds is 1. The summed E-state index contributed by atoms with van der Waals surface area (Å²) in [6, 6.07) is 9.69. The second-order valence-electron chi connectivity index (χ2n) is 3.91. The second-order valence-corrected chi connectivity index (χ2v) is 3.91. The smallest absolute Gasteiger partial charge is 0.199 e. The van der Waals surface area contributed by atoms with Crippen molar-refractivity contribution in [2.45, 2.75) is 6.18 Å². The number of alkyl halides is 3. The minimum Gasteiger partial charge on any atom is -0.199 e. The fourth-order valence-electron chi connectivity index (χ4n) is 1.80. The molecule has 0 saturated carbocycles. The highest BCUT2D eigenvalue weighted by atomic mass is 19.4. The van der Waals surface area contributed by atoms with Crippen molar-refractivity contribution in [2.24, 2.45) is 0 Å².